The highest BCUT2D eigenvalue weighted by Crippen LogP contribution is 2.09. The van der Waals surface area contributed by atoms with Gasteiger partial charge in [0.1, 0.15) is 11.7 Å². The van der Waals surface area contributed by atoms with Crippen molar-refractivity contribution in [1.29, 1.82) is 5.41 Å². The van der Waals surface area contributed by atoms with E-state index in [4.69, 9.17) is 21.0 Å². The number of amides is 2. The van der Waals surface area contributed by atoms with Gasteiger partial charge in [0, 0.05) is 24.7 Å². The highest BCUT2D eigenvalue weighted by atomic mass is 19.1. The molecule has 0 unspecified atom stereocenters. The number of anilines is 1. The summed E-state index contributed by atoms with van der Waals surface area (Å²) in [4.78, 5) is 20.7. The molecule has 25 heavy (non-hydrogen) atoms. The number of carboxylic acids is 1. The number of aliphatic carboxylic acids is 1. The van der Waals surface area contributed by atoms with Crippen LogP contribution >= 0.6 is 0 Å². The van der Waals surface area contributed by atoms with Crippen LogP contribution in [-0.2, 0) is 11.3 Å². The van der Waals surface area contributed by atoms with Crippen molar-refractivity contribution in [3.05, 3.63) is 65.5 Å². The molecular formula is C17H19FN4O3. The zero-order valence-electron chi connectivity index (χ0n) is 13.5. The zero-order valence-corrected chi connectivity index (χ0v) is 13.5. The van der Waals surface area contributed by atoms with Crippen molar-refractivity contribution in [2.75, 3.05) is 5.32 Å². The molecule has 0 heterocycles. The van der Waals surface area contributed by atoms with Crippen LogP contribution in [0.25, 0.3) is 0 Å². The lowest BCUT2D eigenvalue weighted by atomic mass is 10.1. The van der Waals surface area contributed by atoms with E-state index in [1.54, 1.807) is 30.3 Å². The van der Waals surface area contributed by atoms with Gasteiger partial charge in [-0.15, -0.1) is 0 Å². The summed E-state index contributed by atoms with van der Waals surface area (Å²) in [5.41, 5.74) is 7.24. The summed E-state index contributed by atoms with van der Waals surface area (Å²) in [5, 5.41) is 19.9. The second-order valence-electron chi connectivity index (χ2n) is 4.95. The lowest BCUT2D eigenvalue weighted by molar-refractivity contribution is -0.134. The molecular weight excluding hydrogens is 327 g/mol. The molecule has 2 rings (SSSR count). The van der Waals surface area contributed by atoms with Crippen molar-refractivity contribution in [2.45, 2.75) is 13.5 Å². The fourth-order valence-electron chi connectivity index (χ4n) is 1.73. The number of nitrogen functional groups attached to an aromatic ring is 1. The Kier molecular flexibility index (Phi) is 7.58. The Balaban J connectivity index is 0.000000705. The Hall–Kier alpha value is -3.42. The summed E-state index contributed by atoms with van der Waals surface area (Å²) in [6.45, 7) is 1.40. The molecule has 0 saturated carbocycles. The van der Waals surface area contributed by atoms with Crippen LogP contribution in [0, 0.1) is 11.2 Å². The van der Waals surface area contributed by atoms with Gasteiger partial charge in [0.15, 0.2) is 0 Å². The summed E-state index contributed by atoms with van der Waals surface area (Å²) in [6.07, 6.45) is 0. The predicted molar refractivity (Wildman–Crippen MR) is 93.0 cm³/mol. The Labute approximate surface area is 144 Å². The van der Waals surface area contributed by atoms with E-state index in [0.717, 1.165) is 12.5 Å². The third-order valence-corrected chi connectivity index (χ3v) is 2.80. The molecule has 0 fully saturated rings. The van der Waals surface area contributed by atoms with Crippen LogP contribution < -0.4 is 16.4 Å². The van der Waals surface area contributed by atoms with Crippen molar-refractivity contribution in [3.63, 3.8) is 0 Å². The molecule has 2 aromatic carbocycles. The number of carbonyl (C=O) groups is 2. The molecule has 2 amide bonds. The smallest absolute Gasteiger partial charge is 0.319 e. The van der Waals surface area contributed by atoms with Gasteiger partial charge >= 0.3 is 6.03 Å². The summed E-state index contributed by atoms with van der Waals surface area (Å²) in [5.74, 6) is -1.24. The number of halogens is 1. The number of carboxylic acid groups (broad SMARTS) is 1. The second kappa shape index (κ2) is 9.66. The van der Waals surface area contributed by atoms with Crippen LogP contribution in [0.1, 0.15) is 18.1 Å². The number of hydrogen-bond donors (Lipinski definition) is 5. The number of carbonyl (C=O) groups excluding carboxylic acids is 1. The van der Waals surface area contributed by atoms with Gasteiger partial charge in [-0.25, -0.2) is 9.18 Å². The molecule has 132 valence electrons. The van der Waals surface area contributed by atoms with Gasteiger partial charge in [0.2, 0.25) is 0 Å². The molecule has 2 aromatic rings. The predicted octanol–water partition coefficient (Wildman–Crippen LogP) is 2.52. The van der Waals surface area contributed by atoms with Gasteiger partial charge in [-0.3, -0.25) is 10.2 Å². The first-order valence-electron chi connectivity index (χ1n) is 7.21. The van der Waals surface area contributed by atoms with Gasteiger partial charge in [-0.2, -0.15) is 0 Å². The van der Waals surface area contributed by atoms with Gasteiger partial charge in [0.05, 0.1) is 0 Å². The summed E-state index contributed by atoms with van der Waals surface area (Å²) in [6, 6.07) is 12.2. The van der Waals surface area contributed by atoms with Crippen LogP contribution in [0.3, 0.4) is 0 Å². The van der Waals surface area contributed by atoms with Crippen molar-refractivity contribution in [2.24, 2.45) is 5.73 Å². The molecule has 0 radical (unpaired) electrons. The first-order valence-corrected chi connectivity index (χ1v) is 7.21. The summed E-state index contributed by atoms with van der Waals surface area (Å²) < 4.78 is 13.0. The Bertz CT molecular complexity index is 744. The molecule has 0 saturated heterocycles. The fraction of sp³-hybridized carbons (Fsp3) is 0.118. The standard InChI is InChI=1S/C15H15FN4O.C2H4O2/c16-12-2-1-3-13(8-12)20-15(21)19-9-10-4-6-11(7-5-10)14(17)18;1-2(3)4/h1-8H,9H2,(H3,17,18)(H2,19,20,21);1H3,(H,3,4). The maximum absolute atomic E-state index is 13.0. The first kappa shape index (κ1) is 19.6. The van der Waals surface area contributed by atoms with Crippen LogP contribution in [0.4, 0.5) is 14.9 Å². The fourth-order valence-corrected chi connectivity index (χ4v) is 1.73. The molecule has 0 aliphatic carbocycles. The van der Waals surface area contributed by atoms with E-state index in [1.807, 2.05) is 0 Å². The minimum atomic E-state index is -0.833. The topological polar surface area (TPSA) is 128 Å². The monoisotopic (exact) mass is 346 g/mol. The van der Waals surface area contributed by atoms with E-state index >= 15 is 0 Å². The highest BCUT2D eigenvalue weighted by Gasteiger charge is 2.03. The lowest BCUT2D eigenvalue weighted by Gasteiger charge is -2.08. The van der Waals surface area contributed by atoms with Crippen LogP contribution in [0.2, 0.25) is 0 Å². The molecule has 7 nitrogen and oxygen atoms in total. The average molecular weight is 346 g/mol. The maximum atomic E-state index is 13.0. The van der Waals surface area contributed by atoms with Gasteiger partial charge in [-0.05, 0) is 23.8 Å². The molecule has 0 spiro atoms. The number of rotatable bonds is 4. The second-order valence-corrected chi connectivity index (χ2v) is 4.95. The number of nitrogens with two attached hydrogens (primary N) is 1. The van der Waals surface area contributed by atoms with E-state index in [9.17, 15) is 9.18 Å². The largest absolute Gasteiger partial charge is 0.481 e. The first-order chi connectivity index (χ1) is 11.8. The van der Waals surface area contributed by atoms with E-state index < -0.39 is 17.8 Å². The van der Waals surface area contributed by atoms with Gasteiger partial charge < -0.3 is 21.5 Å². The molecule has 6 N–H and O–H groups in total. The van der Waals surface area contributed by atoms with E-state index in [-0.39, 0.29) is 5.84 Å². The summed E-state index contributed by atoms with van der Waals surface area (Å²) in [7, 11) is 0. The Morgan fingerprint density at radius 1 is 1.20 bits per heavy atom. The zero-order chi connectivity index (χ0) is 18.8. The molecule has 0 aromatic heterocycles. The molecule has 8 heteroatoms. The third kappa shape index (κ3) is 8.12. The van der Waals surface area contributed by atoms with Crippen LogP contribution in [0.5, 0.6) is 0 Å². The number of urea groups is 1. The normalized spacial score (nSPS) is 9.36. The minimum Gasteiger partial charge on any atom is -0.481 e. The van der Waals surface area contributed by atoms with E-state index in [2.05, 4.69) is 10.6 Å². The summed E-state index contributed by atoms with van der Waals surface area (Å²) >= 11 is 0. The van der Waals surface area contributed by atoms with Crippen molar-refractivity contribution in [1.82, 2.24) is 5.32 Å². The Morgan fingerprint density at radius 3 is 2.32 bits per heavy atom. The number of hydrogen-bond acceptors (Lipinski definition) is 3. The third-order valence-electron chi connectivity index (χ3n) is 2.80. The van der Waals surface area contributed by atoms with E-state index in [1.165, 1.54) is 18.2 Å². The quantitative estimate of drug-likeness (QED) is 0.430. The van der Waals surface area contributed by atoms with Crippen molar-refractivity contribution < 1.29 is 19.1 Å². The number of nitrogens with one attached hydrogen (secondary N) is 3. The minimum absolute atomic E-state index is 0.00152. The van der Waals surface area contributed by atoms with Crippen molar-refractivity contribution in [3.8, 4) is 0 Å². The maximum Gasteiger partial charge on any atom is 0.319 e. The van der Waals surface area contributed by atoms with Crippen LogP contribution in [0.15, 0.2) is 48.5 Å². The number of benzene rings is 2. The molecule has 0 atom stereocenters. The SMILES string of the molecule is CC(=O)O.N=C(N)c1ccc(CNC(=O)Nc2cccc(F)c2)cc1. The van der Waals surface area contributed by atoms with Crippen LogP contribution in [-0.4, -0.2) is 22.9 Å². The highest BCUT2D eigenvalue weighted by molar-refractivity contribution is 5.94. The van der Waals surface area contributed by atoms with E-state index in [0.29, 0.717) is 17.8 Å². The Morgan fingerprint density at radius 2 is 1.80 bits per heavy atom. The molecule has 0 aliphatic heterocycles. The number of amidine groups is 1. The van der Waals surface area contributed by atoms with Gasteiger partial charge in [-0.1, -0.05) is 30.3 Å². The molecule has 0 aliphatic rings. The van der Waals surface area contributed by atoms with Gasteiger partial charge in [0.25, 0.3) is 5.97 Å². The van der Waals surface area contributed by atoms with Crippen molar-refractivity contribution >= 4 is 23.5 Å². The lowest BCUT2D eigenvalue weighted by Crippen LogP contribution is -2.28. The average Bonchev–Trinajstić information content (AvgIpc) is 2.53. The molecule has 0 bridgehead atoms.